The Morgan fingerprint density at radius 2 is 2.17 bits per heavy atom. The van der Waals surface area contributed by atoms with Crippen molar-refractivity contribution in [2.75, 3.05) is 31.6 Å². The molecule has 130 valence electrons. The number of nitrogens with zero attached hydrogens (tertiary/aromatic N) is 4. The Labute approximate surface area is 139 Å². The number of imidazole rings is 1. The zero-order valence-corrected chi connectivity index (χ0v) is 14.3. The Bertz CT molecular complexity index is 738. The molecular formula is C15H22N6O3. The first-order chi connectivity index (χ1) is 11.4. The highest BCUT2D eigenvalue weighted by molar-refractivity contribution is 5.88. The van der Waals surface area contributed by atoms with Gasteiger partial charge in [0.1, 0.15) is 17.2 Å². The van der Waals surface area contributed by atoms with Crippen LogP contribution in [0.1, 0.15) is 20.8 Å². The summed E-state index contributed by atoms with van der Waals surface area (Å²) in [6.07, 6.45) is 1.55. The molecule has 2 aromatic heterocycles. The van der Waals surface area contributed by atoms with Gasteiger partial charge >= 0.3 is 12.0 Å². The van der Waals surface area contributed by atoms with Crippen LogP contribution in [0.5, 0.6) is 6.01 Å². The van der Waals surface area contributed by atoms with Crippen molar-refractivity contribution in [3.8, 4) is 6.01 Å². The van der Waals surface area contributed by atoms with Crippen LogP contribution in [0, 0.1) is 0 Å². The van der Waals surface area contributed by atoms with Gasteiger partial charge in [-0.2, -0.15) is 9.97 Å². The van der Waals surface area contributed by atoms with E-state index in [2.05, 4.69) is 25.3 Å². The molecule has 9 heteroatoms. The molecule has 1 aliphatic heterocycles. The molecule has 0 spiro atoms. The fraction of sp³-hybridized carbons (Fsp3) is 0.600. The lowest BCUT2D eigenvalue weighted by Crippen LogP contribution is -2.56. The van der Waals surface area contributed by atoms with Gasteiger partial charge in [0.2, 0.25) is 0 Å². The molecule has 2 N–H and O–H groups in total. The summed E-state index contributed by atoms with van der Waals surface area (Å²) in [5.41, 5.74) is 0.622. The smallest absolute Gasteiger partial charge is 0.330 e. The Morgan fingerprint density at radius 3 is 2.88 bits per heavy atom. The SMILES string of the molecule is COc1nc(N2CCNCC2C(=O)OC(C)(C)C)c2[nH]cnc2n1. The van der Waals surface area contributed by atoms with Crippen LogP contribution in [0.25, 0.3) is 11.2 Å². The van der Waals surface area contributed by atoms with E-state index in [9.17, 15) is 4.79 Å². The molecule has 1 atom stereocenters. The average Bonchev–Trinajstić information content (AvgIpc) is 3.00. The third-order valence-corrected chi connectivity index (χ3v) is 3.62. The number of methoxy groups -OCH3 is 1. The van der Waals surface area contributed by atoms with E-state index in [-0.39, 0.29) is 12.0 Å². The normalized spacial score (nSPS) is 18.7. The maximum Gasteiger partial charge on any atom is 0.330 e. The van der Waals surface area contributed by atoms with Crippen LogP contribution in [0.2, 0.25) is 0 Å². The van der Waals surface area contributed by atoms with Crippen molar-refractivity contribution in [2.45, 2.75) is 32.4 Å². The van der Waals surface area contributed by atoms with Gasteiger partial charge in [0.05, 0.1) is 13.4 Å². The first-order valence-corrected chi connectivity index (χ1v) is 7.84. The number of rotatable bonds is 3. The highest BCUT2D eigenvalue weighted by Crippen LogP contribution is 2.26. The Kier molecular flexibility index (Phi) is 4.27. The number of hydrogen-bond donors (Lipinski definition) is 2. The van der Waals surface area contributed by atoms with E-state index >= 15 is 0 Å². The van der Waals surface area contributed by atoms with Crippen molar-refractivity contribution in [1.29, 1.82) is 0 Å². The minimum atomic E-state index is -0.549. The number of anilines is 1. The van der Waals surface area contributed by atoms with E-state index in [1.54, 1.807) is 6.33 Å². The van der Waals surface area contributed by atoms with Crippen molar-refractivity contribution >= 4 is 23.0 Å². The molecular weight excluding hydrogens is 312 g/mol. The van der Waals surface area contributed by atoms with Gasteiger partial charge in [-0.15, -0.1) is 0 Å². The summed E-state index contributed by atoms with van der Waals surface area (Å²) in [6.45, 7) is 7.39. The molecule has 3 rings (SSSR count). The molecule has 0 aliphatic carbocycles. The van der Waals surface area contributed by atoms with Gasteiger partial charge in [-0.1, -0.05) is 0 Å². The number of esters is 1. The van der Waals surface area contributed by atoms with Crippen LogP contribution in [-0.4, -0.2) is 64.3 Å². The van der Waals surface area contributed by atoms with Gasteiger partial charge in [0, 0.05) is 19.6 Å². The molecule has 3 heterocycles. The van der Waals surface area contributed by atoms with Crippen molar-refractivity contribution in [2.24, 2.45) is 0 Å². The second-order valence-electron chi connectivity index (χ2n) is 6.58. The predicted octanol–water partition coefficient (Wildman–Crippen LogP) is 0.481. The van der Waals surface area contributed by atoms with E-state index in [0.717, 1.165) is 6.54 Å². The van der Waals surface area contributed by atoms with Crippen molar-refractivity contribution in [3.05, 3.63) is 6.33 Å². The maximum absolute atomic E-state index is 12.6. The summed E-state index contributed by atoms with van der Waals surface area (Å²) in [6, 6.07) is -0.268. The zero-order valence-electron chi connectivity index (χ0n) is 14.3. The summed E-state index contributed by atoms with van der Waals surface area (Å²) in [5.74, 6) is 0.298. The quantitative estimate of drug-likeness (QED) is 0.781. The second kappa shape index (κ2) is 6.23. The van der Waals surface area contributed by atoms with Crippen molar-refractivity contribution in [3.63, 3.8) is 0 Å². The van der Waals surface area contributed by atoms with Crippen LogP contribution in [0.15, 0.2) is 6.33 Å². The molecule has 0 bridgehead atoms. The lowest BCUT2D eigenvalue weighted by Gasteiger charge is -2.36. The number of ether oxygens (including phenoxy) is 2. The highest BCUT2D eigenvalue weighted by Gasteiger charge is 2.34. The van der Waals surface area contributed by atoms with Crippen LogP contribution in [0.4, 0.5) is 5.82 Å². The third-order valence-electron chi connectivity index (χ3n) is 3.62. The first-order valence-electron chi connectivity index (χ1n) is 7.84. The molecule has 0 radical (unpaired) electrons. The highest BCUT2D eigenvalue weighted by atomic mass is 16.6. The van der Waals surface area contributed by atoms with E-state index in [1.807, 2.05) is 25.7 Å². The second-order valence-corrected chi connectivity index (χ2v) is 6.58. The summed E-state index contributed by atoms with van der Waals surface area (Å²) in [5, 5.41) is 3.23. The number of piperazine rings is 1. The van der Waals surface area contributed by atoms with Gasteiger partial charge in [0.15, 0.2) is 11.5 Å². The Hall–Kier alpha value is -2.42. The number of aromatic amines is 1. The zero-order chi connectivity index (χ0) is 17.3. The molecule has 1 aliphatic rings. The van der Waals surface area contributed by atoms with Gasteiger partial charge < -0.3 is 24.7 Å². The van der Waals surface area contributed by atoms with Crippen molar-refractivity contribution < 1.29 is 14.3 Å². The number of hydrogen-bond acceptors (Lipinski definition) is 8. The average molecular weight is 334 g/mol. The Morgan fingerprint density at radius 1 is 1.38 bits per heavy atom. The third kappa shape index (κ3) is 3.25. The lowest BCUT2D eigenvalue weighted by atomic mass is 10.1. The lowest BCUT2D eigenvalue weighted by molar-refractivity contribution is -0.156. The Balaban J connectivity index is 1.99. The number of aromatic nitrogens is 4. The van der Waals surface area contributed by atoms with Gasteiger partial charge in [-0.25, -0.2) is 9.78 Å². The van der Waals surface area contributed by atoms with Crippen LogP contribution < -0.4 is 15.0 Å². The van der Waals surface area contributed by atoms with Gasteiger partial charge in [0.25, 0.3) is 0 Å². The fourth-order valence-electron chi connectivity index (χ4n) is 2.64. The standard InChI is InChI=1S/C15H22N6O3/c1-15(2,3)24-13(22)9-7-16-5-6-21(9)12-10-11(18-8-17-10)19-14(20-12)23-4/h8-9,16H,5-7H2,1-4H3,(H,17,18,19,20). The number of carbonyl (C=O) groups excluding carboxylic acids is 1. The summed E-state index contributed by atoms with van der Waals surface area (Å²) >= 11 is 0. The van der Waals surface area contributed by atoms with Gasteiger partial charge in [-0.3, -0.25) is 0 Å². The minimum Gasteiger partial charge on any atom is -0.467 e. The molecule has 0 saturated carbocycles. The molecule has 2 aromatic rings. The van der Waals surface area contributed by atoms with Crippen LogP contribution in [-0.2, 0) is 9.53 Å². The first kappa shape index (κ1) is 16.4. The minimum absolute atomic E-state index is 0.214. The van der Waals surface area contributed by atoms with Crippen LogP contribution >= 0.6 is 0 Å². The number of H-pyrrole nitrogens is 1. The van der Waals surface area contributed by atoms with E-state index in [1.165, 1.54) is 7.11 Å². The molecule has 0 aromatic carbocycles. The largest absolute Gasteiger partial charge is 0.467 e. The molecule has 24 heavy (non-hydrogen) atoms. The summed E-state index contributed by atoms with van der Waals surface area (Å²) in [4.78, 5) is 30.4. The predicted molar refractivity (Wildman–Crippen MR) is 88.1 cm³/mol. The number of fused-ring (bicyclic) bond motifs is 1. The molecule has 9 nitrogen and oxygen atoms in total. The number of carbonyl (C=O) groups is 1. The topological polar surface area (TPSA) is 105 Å². The molecule has 1 unspecified atom stereocenters. The molecule has 1 fully saturated rings. The summed E-state index contributed by atoms with van der Waals surface area (Å²) < 4.78 is 10.7. The van der Waals surface area contributed by atoms with E-state index in [4.69, 9.17) is 9.47 Å². The van der Waals surface area contributed by atoms with Gasteiger partial charge in [-0.05, 0) is 20.8 Å². The van der Waals surface area contributed by atoms with E-state index in [0.29, 0.717) is 30.1 Å². The fourth-order valence-corrected chi connectivity index (χ4v) is 2.64. The maximum atomic E-state index is 12.6. The van der Waals surface area contributed by atoms with Crippen LogP contribution in [0.3, 0.4) is 0 Å². The monoisotopic (exact) mass is 334 g/mol. The van der Waals surface area contributed by atoms with E-state index < -0.39 is 11.6 Å². The molecule has 0 amide bonds. The summed E-state index contributed by atoms with van der Waals surface area (Å²) in [7, 11) is 1.50. The van der Waals surface area contributed by atoms with Crippen molar-refractivity contribution in [1.82, 2.24) is 25.3 Å². The molecule has 1 saturated heterocycles. The number of nitrogens with one attached hydrogen (secondary N) is 2.